The summed E-state index contributed by atoms with van der Waals surface area (Å²) in [6, 6.07) is 5.11. The maximum absolute atomic E-state index is 13.6. The Morgan fingerprint density at radius 2 is 2.00 bits per heavy atom. The number of hydrogen-bond donors (Lipinski definition) is 1. The molecule has 0 saturated carbocycles. The number of aliphatic hydroxyl groups is 1. The number of benzene rings is 1. The molecule has 4 rings (SSSR count). The van der Waals surface area contributed by atoms with Crippen molar-refractivity contribution in [1.82, 2.24) is 14.7 Å². The van der Waals surface area contributed by atoms with Gasteiger partial charge in [0.2, 0.25) is 5.91 Å². The number of fused-ring (bicyclic) bond motifs is 1. The van der Waals surface area contributed by atoms with Gasteiger partial charge in [0.15, 0.2) is 0 Å². The summed E-state index contributed by atoms with van der Waals surface area (Å²) in [7, 11) is 2.09. The van der Waals surface area contributed by atoms with Crippen molar-refractivity contribution in [3.8, 4) is 5.75 Å². The van der Waals surface area contributed by atoms with E-state index < -0.39 is 17.7 Å². The second kappa shape index (κ2) is 8.19. The van der Waals surface area contributed by atoms with E-state index in [1.807, 2.05) is 32.0 Å². The molecule has 164 valence electrons. The van der Waals surface area contributed by atoms with Gasteiger partial charge >= 0.3 is 0 Å². The number of aliphatic hydroxyl groups excluding tert-OH is 1. The molecule has 0 aromatic heterocycles. The molecule has 1 aromatic carbocycles. The molecule has 0 aliphatic carbocycles. The van der Waals surface area contributed by atoms with Gasteiger partial charge in [-0.3, -0.25) is 9.59 Å². The monoisotopic (exact) mass is 415 g/mol. The number of carbonyl (C=O) groups excluding carboxylic acids is 2. The second-order valence-corrected chi connectivity index (χ2v) is 9.28. The maximum Gasteiger partial charge on any atom is 0.258 e. The summed E-state index contributed by atoms with van der Waals surface area (Å²) < 4.78 is 6.53. The van der Waals surface area contributed by atoms with Gasteiger partial charge in [0.1, 0.15) is 17.4 Å². The Labute approximate surface area is 178 Å². The third-order valence-electron chi connectivity index (χ3n) is 6.84. The zero-order valence-electron chi connectivity index (χ0n) is 18.3. The van der Waals surface area contributed by atoms with Crippen LogP contribution in [0, 0.1) is 6.92 Å². The third kappa shape index (κ3) is 4.05. The van der Waals surface area contributed by atoms with Gasteiger partial charge in [0.05, 0.1) is 18.2 Å². The lowest BCUT2D eigenvalue weighted by Crippen LogP contribution is -2.58. The van der Waals surface area contributed by atoms with E-state index in [0.717, 1.165) is 44.3 Å². The number of aryl methyl sites for hydroxylation is 1. The molecule has 2 saturated heterocycles. The van der Waals surface area contributed by atoms with Crippen molar-refractivity contribution in [2.75, 3.05) is 39.8 Å². The molecule has 1 aromatic rings. The number of carbonyl (C=O) groups is 2. The Morgan fingerprint density at radius 3 is 2.70 bits per heavy atom. The minimum Gasteiger partial charge on any atom is -0.484 e. The van der Waals surface area contributed by atoms with Gasteiger partial charge in [-0.05, 0) is 45.9 Å². The Kier molecular flexibility index (Phi) is 5.77. The number of likely N-dealkylation sites (tertiary alicyclic amines) is 2. The quantitative estimate of drug-likeness (QED) is 0.795. The summed E-state index contributed by atoms with van der Waals surface area (Å²) in [5, 5.41) is 10.0. The Balaban J connectivity index is 1.66. The predicted molar refractivity (Wildman–Crippen MR) is 114 cm³/mol. The zero-order chi connectivity index (χ0) is 21.5. The average molecular weight is 416 g/mol. The molecule has 2 atom stereocenters. The number of ether oxygens (including phenoxy) is 1. The van der Waals surface area contributed by atoms with Crippen LogP contribution < -0.4 is 4.74 Å². The minimum absolute atomic E-state index is 0.0960. The van der Waals surface area contributed by atoms with Crippen molar-refractivity contribution in [2.24, 2.45) is 0 Å². The molecule has 1 N–H and O–H groups in total. The molecular weight excluding hydrogens is 382 g/mol. The number of piperidine rings is 2. The molecule has 3 aliphatic rings. The van der Waals surface area contributed by atoms with Crippen LogP contribution in [0.5, 0.6) is 5.75 Å². The van der Waals surface area contributed by atoms with Crippen LogP contribution in [0.1, 0.15) is 48.5 Å². The summed E-state index contributed by atoms with van der Waals surface area (Å²) in [5.41, 5.74) is 1.03. The van der Waals surface area contributed by atoms with Crippen LogP contribution in [0.25, 0.3) is 0 Å². The first-order valence-corrected chi connectivity index (χ1v) is 11.0. The Hall–Kier alpha value is -2.12. The number of β-amino-alcohol motifs (C(OH)–C–C–N with tert-alkyl or cyclic N) is 1. The van der Waals surface area contributed by atoms with Crippen LogP contribution in [0.3, 0.4) is 0 Å². The highest BCUT2D eigenvalue weighted by atomic mass is 16.5. The summed E-state index contributed by atoms with van der Waals surface area (Å²) in [6.45, 7) is 6.92. The van der Waals surface area contributed by atoms with Gasteiger partial charge in [-0.15, -0.1) is 0 Å². The van der Waals surface area contributed by atoms with Crippen LogP contribution >= 0.6 is 0 Å². The molecule has 7 heteroatoms. The van der Waals surface area contributed by atoms with E-state index in [0.29, 0.717) is 30.9 Å². The smallest absolute Gasteiger partial charge is 0.258 e. The van der Waals surface area contributed by atoms with Gasteiger partial charge in [-0.25, -0.2) is 0 Å². The van der Waals surface area contributed by atoms with E-state index in [-0.39, 0.29) is 11.8 Å². The normalized spacial score (nSPS) is 25.5. The van der Waals surface area contributed by atoms with Crippen LogP contribution in [-0.2, 0) is 4.79 Å². The van der Waals surface area contributed by atoms with Crippen LogP contribution in [0.4, 0.5) is 0 Å². The molecule has 1 spiro atoms. The van der Waals surface area contributed by atoms with Crippen LogP contribution in [0.2, 0.25) is 0 Å². The second-order valence-electron chi connectivity index (χ2n) is 9.28. The molecule has 2 fully saturated rings. The third-order valence-corrected chi connectivity index (χ3v) is 6.84. The first-order valence-electron chi connectivity index (χ1n) is 11.0. The Bertz CT molecular complexity index is 819. The average Bonchev–Trinajstić information content (AvgIpc) is 2.85. The van der Waals surface area contributed by atoms with E-state index in [1.54, 1.807) is 9.80 Å². The standard InChI is InChI=1S/C23H33N3O4/c1-16-6-7-20-19(13-16)22(29)26(15-23(30-20)8-11-24(3)12-9-23)17(2)21(28)25-10-4-5-18(27)14-25/h6-7,13,17-18,27H,4-5,8-12,14-15H2,1-3H3. The molecule has 3 aliphatic heterocycles. The fourth-order valence-corrected chi connectivity index (χ4v) is 4.85. The van der Waals surface area contributed by atoms with Gasteiger partial charge < -0.3 is 24.5 Å². The summed E-state index contributed by atoms with van der Waals surface area (Å²) in [5.74, 6) is 0.370. The van der Waals surface area contributed by atoms with Crippen molar-refractivity contribution < 1.29 is 19.4 Å². The molecule has 0 radical (unpaired) electrons. The minimum atomic E-state index is -0.602. The molecule has 0 bridgehead atoms. The van der Waals surface area contributed by atoms with Crippen LogP contribution in [-0.4, -0.2) is 89.1 Å². The van der Waals surface area contributed by atoms with Gasteiger partial charge in [0, 0.05) is 39.0 Å². The molecule has 7 nitrogen and oxygen atoms in total. The van der Waals surface area contributed by atoms with Gasteiger partial charge in [-0.1, -0.05) is 11.6 Å². The largest absolute Gasteiger partial charge is 0.484 e. The topological polar surface area (TPSA) is 73.3 Å². The number of amides is 2. The highest BCUT2D eigenvalue weighted by Gasteiger charge is 2.45. The molecular formula is C23H33N3O4. The van der Waals surface area contributed by atoms with Crippen molar-refractivity contribution in [3.63, 3.8) is 0 Å². The molecule has 3 heterocycles. The van der Waals surface area contributed by atoms with E-state index in [1.165, 1.54) is 0 Å². The maximum atomic E-state index is 13.6. The number of rotatable bonds is 2. The molecule has 2 amide bonds. The van der Waals surface area contributed by atoms with E-state index in [9.17, 15) is 14.7 Å². The summed E-state index contributed by atoms with van der Waals surface area (Å²) >= 11 is 0. The van der Waals surface area contributed by atoms with Crippen LogP contribution in [0.15, 0.2) is 18.2 Å². The lowest BCUT2D eigenvalue weighted by atomic mass is 9.90. The number of nitrogens with zero attached hydrogens (tertiary/aromatic N) is 3. The highest BCUT2D eigenvalue weighted by molar-refractivity contribution is 6.00. The first kappa shape index (κ1) is 21.1. The number of hydrogen-bond acceptors (Lipinski definition) is 5. The van der Waals surface area contributed by atoms with Gasteiger partial charge in [0.25, 0.3) is 5.91 Å². The summed E-state index contributed by atoms with van der Waals surface area (Å²) in [4.78, 5) is 32.5. The molecule has 30 heavy (non-hydrogen) atoms. The summed E-state index contributed by atoms with van der Waals surface area (Å²) in [6.07, 6.45) is 2.64. The fraction of sp³-hybridized carbons (Fsp3) is 0.652. The first-order chi connectivity index (χ1) is 14.3. The fourth-order valence-electron chi connectivity index (χ4n) is 4.85. The predicted octanol–water partition coefficient (Wildman–Crippen LogP) is 1.67. The van der Waals surface area contributed by atoms with Crippen molar-refractivity contribution in [1.29, 1.82) is 0 Å². The van der Waals surface area contributed by atoms with Gasteiger partial charge in [-0.2, -0.15) is 0 Å². The van der Waals surface area contributed by atoms with Crippen molar-refractivity contribution in [3.05, 3.63) is 29.3 Å². The Morgan fingerprint density at radius 1 is 1.27 bits per heavy atom. The lowest BCUT2D eigenvalue weighted by Gasteiger charge is -2.43. The van der Waals surface area contributed by atoms with Crippen molar-refractivity contribution >= 4 is 11.8 Å². The molecule has 2 unspecified atom stereocenters. The van der Waals surface area contributed by atoms with E-state index in [4.69, 9.17) is 4.74 Å². The van der Waals surface area contributed by atoms with E-state index in [2.05, 4.69) is 11.9 Å². The van der Waals surface area contributed by atoms with E-state index >= 15 is 0 Å². The van der Waals surface area contributed by atoms with Crippen molar-refractivity contribution in [2.45, 2.75) is 57.3 Å². The lowest BCUT2D eigenvalue weighted by molar-refractivity contribution is -0.139. The highest BCUT2D eigenvalue weighted by Crippen LogP contribution is 2.36. The zero-order valence-corrected chi connectivity index (χ0v) is 18.3. The SMILES string of the molecule is Cc1ccc2c(c1)C(=O)N(C(C)C(=O)N1CCCC(O)C1)CC1(CCN(C)CC1)O2.